The number of aromatic nitrogens is 2. The van der Waals surface area contributed by atoms with Crippen LogP contribution in [-0.4, -0.2) is 76.9 Å². The van der Waals surface area contributed by atoms with Gasteiger partial charge >= 0.3 is 12.1 Å². The van der Waals surface area contributed by atoms with Crippen LogP contribution in [0.1, 0.15) is 36.8 Å². The number of hydrogen-bond donors (Lipinski definition) is 2. The van der Waals surface area contributed by atoms with Crippen LogP contribution in [0.15, 0.2) is 48.7 Å². The third kappa shape index (κ3) is 5.54. The Morgan fingerprint density at radius 3 is 2.55 bits per heavy atom. The van der Waals surface area contributed by atoms with Crippen molar-refractivity contribution in [3.8, 4) is 11.3 Å². The van der Waals surface area contributed by atoms with Gasteiger partial charge in [-0.3, -0.25) is 4.79 Å². The van der Waals surface area contributed by atoms with Crippen molar-refractivity contribution in [2.45, 2.75) is 39.0 Å². The number of fused-ring (bicyclic) bond motifs is 1. The van der Waals surface area contributed by atoms with Gasteiger partial charge in [-0.05, 0) is 45.7 Å². The zero-order valence-corrected chi connectivity index (χ0v) is 25.1. The quantitative estimate of drug-likeness (QED) is 0.325. The maximum Gasteiger partial charge on any atom is 0.407 e. The molecular formula is C28H32BIN6O4. The Balaban J connectivity index is 1.43. The van der Waals surface area contributed by atoms with Crippen LogP contribution in [0, 0.1) is 9.49 Å². The maximum absolute atomic E-state index is 13.9. The van der Waals surface area contributed by atoms with Gasteiger partial charge in [-0.25, -0.2) is 14.6 Å². The fourth-order valence-electron chi connectivity index (χ4n) is 5.22. The molecule has 2 aromatic carbocycles. The monoisotopic (exact) mass is 654 g/mol. The number of aromatic amines is 1. The van der Waals surface area contributed by atoms with Crippen molar-refractivity contribution in [1.29, 1.82) is 0 Å². The highest BCUT2D eigenvalue weighted by atomic mass is 127. The number of H-pyrrole nitrogens is 1. The number of amides is 4. The fourth-order valence-corrected chi connectivity index (χ4v) is 5.94. The van der Waals surface area contributed by atoms with Gasteiger partial charge in [-0.15, -0.1) is 0 Å². The van der Waals surface area contributed by atoms with E-state index in [4.69, 9.17) is 9.72 Å². The summed E-state index contributed by atoms with van der Waals surface area (Å²) in [6.07, 6.45) is 1.14. The predicted octanol–water partition coefficient (Wildman–Crippen LogP) is 2.60. The van der Waals surface area contributed by atoms with Crippen LogP contribution in [0.5, 0.6) is 0 Å². The van der Waals surface area contributed by atoms with Crippen molar-refractivity contribution < 1.29 is 19.1 Å². The lowest BCUT2D eigenvalue weighted by atomic mass is 9.95. The molecule has 1 fully saturated rings. The number of carbonyl (C=O) groups excluding carboxylic acids is 3. The number of benzene rings is 2. The second-order valence-electron chi connectivity index (χ2n) is 10.6. The largest absolute Gasteiger partial charge is 0.453 e. The van der Waals surface area contributed by atoms with E-state index in [9.17, 15) is 14.4 Å². The van der Waals surface area contributed by atoms with Gasteiger partial charge < -0.3 is 29.7 Å². The first kappa shape index (κ1) is 28.0. The van der Waals surface area contributed by atoms with Crippen molar-refractivity contribution in [3.63, 3.8) is 0 Å². The number of rotatable bonds is 5. The summed E-state index contributed by atoms with van der Waals surface area (Å²) in [5.41, 5.74) is 5.16. The van der Waals surface area contributed by atoms with Gasteiger partial charge in [0.1, 0.15) is 25.8 Å². The molecule has 0 aliphatic carbocycles. The molecule has 2 atom stereocenters. The Kier molecular flexibility index (Phi) is 8.06. The van der Waals surface area contributed by atoms with Gasteiger partial charge in [-0.1, -0.05) is 55.7 Å². The molecule has 5 rings (SSSR count). The van der Waals surface area contributed by atoms with E-state index in [0.717, 1.165) is 31.4 Å². The van der Waals surface area contributed by atoms with Gasteiger partial charge in [0.05, 0.1) is 26.0 Å². The number of alkyl carbamates (subject to hydrolysis) is 1. The Hall–Kier alpha value is -3.55. The molecule has 0 saturated carbocycles. The van der Waals surface area contributed by atoms with E-state index in [-0.39, 0.29) is 31.1 Å². The van der Waals surface area contributed by atoms with Crippen LogP contribution >= 0.6 is 22.6 Å². The molecule has 1 unspecified atom stereocenters. The van der Waals surface area contributed by atoms with E-state index in [0.29, 0.717) is 18.9 Å². The van der Waals surface area contributed by atoms with E-state index in [1.54, 1.807) is 9.80 Å². The highest BCUT2D eigenvalue weighted by Gasteiger charge is 2.43. The molecule has 2 N–H and O–H groups in total. The first-order chi connectivity index (χ1) is 19.2. The number of nitrogens with zero attached hydrogens (tertiary/aromatic N) is 4. The highest BCUT2D eigenvalue weighted by molar-refractivity contribution is 14.1. The lowest BCUT2D eigenvalue weighted by molar-refractivity contribution is -0.135. The zero-order chi connectivity index (χ0) is 28.6. The average Bonchev–Trinajstić information content (AvgIpc) is 3.69. The lowest BCUT2D eigenvalue weighted by Gasteiger charge is -2.29. The molecule has 0 spiro atoms. The molecular weight excluding hydrogens is 622 g/mol. The summed E-state index contributed by atoms with van der Waals surface area (Å²) in [7, 11) is 3.29. The molecule has 3 heterocycles. The third-order valence-electron chi connectivity index (χ3n) is 7.49. The number of hydrogen-bond acceptors (Lipinski definition) is 5. The number of nitrogens with one attached hydrogen (secondary N) is 2. The molecule has 1 aromatic heterocycles. The molecule has 10 nitrogen and oxygen atoms in total. The summed E-state index contributed by atoms with van der Waals surface area (Å²) >= 11 is 2.30. The number of imidazole rings is 1. The minimum absolute atomic E-state index is 0.0823. The van der Waals surface area contributed by atoms with Crippen molar-refractivity contribution in [1.82, 2.24) is 30.0 Å². The van der Waals surface area contributed by atoms with Gasteiger partial charge in [0, 0.05) is 28.4 Å². The molecule has 1 saturated heterocycles. The summed E-state index contributed by atoms with van der Waals surface area (Å²) in [6, 6.07) is 12.7. The van der Waals surface area contributed by atoms with Gasteiger partial charge in [0.25, 0.3) is 0 Å². The first-order valence-electron chi connectivity index (χ1n) is 13.2. The van der Waals surface area contributed by atoms with Gasteiger partial charge in [0.15, 0.2) is 0 Å². The highest BCUT2D eigenvalue weighted by Crippen LogP contribution is 2.33. The van der Waals surface area contributed by atoms with Crippen LogP contribution in [0.3, 0.4) is 0 Å². The Labute approximate surface area is 248 Å². The molecule has 0 radical (unpaired) electrons. The van der Waals surface area contributed by atoms with Crippen LogP contribution in [0.2, 0.25) is 0 Å². The van der Waals surface area contributed by atoms with Crippen molar-refractivity contribution in [3.05, 3.63) is 69.2 Å². The second-order valence-corrected chi connectivity index (χ2v) is 11.8. The van der Waals surface area contributed by atoms with E-state index in [1.807, 2.05) is 69.2 Å². The SMILES string of the molecule is Bc1ccc(-c2c[nH]c(C3CN(C(=O)N4Cc5cccc(I)c5C4)CN3C(=O)[C@@H](NC(=O)OC)C(C)C)n2)cc1. The topological polar surface area (TPSA) is 111 Å². The minimum Gasteiger partial charge on any atom is -0.453 e. The van der Waals surface area contributed by atoms with Gasteiger partial charge in [-0.2, -0.15) is 0 Å². The molecule has 3 aromatic rings. The molecule has 40 heavy (non-hydrogen) atoms. The smallest absolute Gasteiger partial charge is 0.407 e. The second kappa shape index (κ2) is 11.5. The fraction of sp³-hybridized carbons (Fsp3) is 0.357. The van der Waals surface area contributed by atoms with E-state index < -0.39 is 18.2 Å². The molecule has 2 aliphatic rings. The maximum atomic E-state index is 13.9. The number of urea groups is 1. The van der Waals surface area contributed by atoms with Gasteiger partial charge in [0.2, 0.25) is 5.91 Å². The van der Waals surface area contributed by atoms with E-state index >= 15 is 0 Å². The molecule has 2 aliphatic heterocycles. The molecule has 0 bridgehead atoms. The van der Waals surface area contributed by atoms with E-state index in [1.165, 1.54) is 7.11 Å². The summed E-state index contributed by atoms with van der Waals surface area (Å²) in [4.78, 5) is 52.9. The number of ether oxygens (including phenoxy) is 1. The molecule has 12 heteroatoms. The summed E-state index contributed by atoms with van der Waals surface area (Å²) < 4.78 is 5.91. The van der Waals surface area contributed by atoms with Crippen LogP contribution in [0.4, 0.5) is 9.59 Å². The summed E-state index contributed by atoms with van der Waals surface area (Å²) in [5, 5.41) is 2.67. The lowest BCUT2D eigenvalue weighted by Crippen LogP contribution is -2.52. The first-order valence-corrected chi connectivity index (χ1v) is 14.3. The van der Waals surface area contributed by atoms with Crippen molar-refractivity contribution in [2.24, 2.45) is 5.92 Å². The summed E-state index contributed by atoms with van der Waals surface area (Å²) in [5.74, 6) is 0.0826. The minimum atomic E-state index is -0.825. The number of carbonyl (C=O) groups is 3. The van der Waals surface area contributed by atoms with E-state index in [2.05, 4.69) is 39.0 Å². The third-order valence-corrected chi connectivity index (χ3v) is 8.51. The Morgan fingerprint density at radius 2 is 1.88 bits per heavy atom. The summed E-state index contributed by atoms with van der Waals surface area (Å²) in [6.45, 7) is 5.13. The standard InChI is InChI=1S/C28H32BIN6O4/c1-16(2)24(33-27(38)40-3)26(37)36-15-35(28(39)34-12-18-5-4-6-21(30)20(18)13-34)14-23(36)25-31-11-22(32-25)17-7-9-19(29)10-8-17/h4-11,16,23-24H,12-15,29H2,1-3H3,(H,31,32)(H,33,38)/t23?,24-/m0/s1. The van der Waals surface area contributed by atoms with Crippen LogP contribution in [0.25, 0.3) is 11.3 Å². The van der Waals surface area contributed by atoms with Crippen LogP contribution < -0.4 is 10.8 Å². The molecule has 4 amide bonds. The predicted molar refractivity (Wildman–Crippen MR) is 161 cm³/mol. The Bertz CT molecular complexity index is 1430. The zero-order valence-electron chi connectivity index (χ0n) is 23.0. The number of methoxy groups -OCH3 is 1. The normalized spacial score (nSPS) is 17.2. The van der Waals surface area contributed by atoms with Crippen molar-refractivity contribution >= 4 is 53.9 Å². The average molecular weight is 654 g/mol. The molecule has 208 valence electrons. The van der Waals surface area contributed by atoms with Crippen molar-refractivity contribution in [2.75, 3.05) is 20.3 Å². The number of halogens is 1. The Morgan fingerprint density at radius 1 is 1.12 bits per heavy atom. The van der Waals surface area contributed by atoms with Crippen LogP contribution in [-0.2, 0) is 22.6 Å².